The number of esters is 2. The van der Waals surface area contributed by atoms with Gasteiger partial charge in [0.25, 0.3) is 0 Å². The van der Waals surface area contributed by atoms with Gasteiger partial charge in [-0.25, -0.2) is 4.57 Å². The monoisotopic (exact) mass is 478 g/mol. The van der Waals surface area contributed by atoms with E-state index in [0.29, 0.717) is 6.42 Å². The van der Waals surface area contributed by atoms with Crippen LogP contribution in [0.3, 0.4) is 0 Å². The Bertz CT molecular complexity index is 558. The fourth-order valence-electron chi connectivity index (χ4n) is 3.13. The van der Waals surface area contributed by atoms with Crippen LogP contribution in [0.2, 0.25) is 0 Å². The van der Waals surface area contributed by atoms with E-state index < -0.39 is 32.5 Å². The van der Waals surface area contributed by atoms with Crippen molar-refractivity contribution in [3.8, 4) is 0 Å². The van der Waals surface area contributed by atoms with E-state index in [1.165, 1.54) is 44.9 Å². The third-order valence-corrected chi connectivity index (χ3v) is 5.32. The van der Waals surface area contributed by atoms with Crippen molar-refractivity contribution in [1.82, 2.24) is 0 Å². The third kappa shape index (κ3) is 23.5. The lowest BCUT2D eigenvalue weighted by molar-refractivity contribution is -0.159. The predicted octanol–water partition coefficient (Wildman–Crippen LogP) is 5.61. The van der Waals surface area contributed by atoms with Crippen molar-refractivity contribution in [2.24, 2.45) is 0 Å². The van der Waals surface area contributed by atoms with Crippen molar-refractivity contribution in [3.63, 3.8) is 0 Å². The minimum atomic E-state index is -4.69. The molecule has 0 aromatic rings. The number of carbonyl (C=O) groups is 2. The van der Waals surface area contributed by atoms with Gasteiger partial charge in [-0.1, -0.05) is 70.4 Å². The maximum absolute atomic E-state index is 11.8. The Morgan fingerprint density at radius 3 is 1.91 bits per heavy atom. The molecule has 0 radical (unpaired) electrons. The number of carbonyl (C=O) groups excluding carboxylic acids is 2. The first-order valence-electron chi connectivity index (χ1n) is 11.9. The summed E-state index contributed by atoms with van der Waals surface area (Å²) in [6, 6.07) is 0. The van der Waals surface area contributed by atoms with E-state index in [4.69, 9.17) is 19.3 Å². The van der Waals surface area contributed by atoms with Crippen molar-refractivity contribution < 1.29 is 37.9 Å². The van der Waals surface area contributed by atoms with Crippen molar-refractivity contribution in [2.45, 2.75) is 110 Å². The number of ether oxygens (including phenoxy) is 2. The van der Waals surface area contributed by atoms with Crippen LogP contribution < -0.4 is 0 Å². The van der Waals surface area contributed by atoms with Gasteiger partial charge < -0.3 is 19.3 Å². The van der Waals surface area contributed by atoms with Gasteiger partial charge in [-0.05, 0) is 32.1 Å². The molecule has 0 aliphatic carbocycles. The molecule has 0 spiro atoms. The lowest BCUT2D eigenvalue weighted by Crippen LogP contribution is -2.28. The molecule has 0 heterocycles. The predicted molar refractivity (Wildman–Crippen MR) is 124 cm³/mol. The van der Waals surface area contributed by atoms with E-state index in [1.807, 2.05) is 0 Å². The molecule has 0 amide bonds. The Kier molecular flexibility index (Phi) is 19.6. The summed E-state index contributed by atoms with van der Waals surface area (Å²) in [5.41, 5.74) is 0. The smallest absolute Gasteiger partial charge is 0.462 e. The van der Waals surface area contributed by atoms with Crippen LogP contribution in [0.4, 0.5) is 0 Å². The number of hydrogen-bond acceptors (Lipinski definition) is 6. The second kappa shape index (κ2) is 20.4. The van der Waals surface area contributed by atoms with Crippen LogP contribution >= 0.6 is 7.82 Å². The van der Waals surface area contributed by atoms with Crippen LogP contribution in [-0.2, 0) is 28.2 Å². The molecular formula is C23H43O8P. The number of hydrogen-bond donors (Lipinski definition) is 2. The van der Waals surface area contributed by atoms with Crippen LogP contribution in [0, 0.1) is 0 Å². The van der Waals surface area contributed by atoms with Gasteiger partial charge in [0.05, 0.1) is 6.61 Å². The third-order valence-electron chi connectivity index (χ3n) is 4.83. The van der Waals surface area contributed by atoms with Crippen LogP contribution in [0.25, 0.3) is 0 Å². The summed E-state index contributed by atoms with van der Waals surface area (Å²) in [4.78, 5) is 40.3. The van der Waals surface area contributed by atoms with Gasteiger partial charge in [-0.15, -0.1) is 0 Å². The molecule has 0 bridgehead atoms. The van der Waals surface area contributed by atoms with Crippen LogP contribution in [0.15, 0.2) is 12.2 Å². The maximum atomic E-state index is 11.8. The first-order chi connectivity index (χ1) is 15.2. The molecule has 0 aromatic carbocycles. The Hall–Kier alpha value is -1.21. The highest BCUT2D eigenvalue weighted by atomic mass is 31.2. The van der Waals surface area contributed by atoms with E-state index in [9.17, 15) is 14.2 Å². The zero-order valence-electron chi connectivity index (χ0n) is 19.8. The van der Waals surface area contributed by atoms with Gasteiger partial charge in [0.15, 0.2) is 6.10 Å². The first kappa shape index (κ1) is 30.8. The van der Waals surface area contributed by atoms with Gasteiger partial charge in [0.2, 0.25) is 0 Å². The molecule has 8 nitrogen and oxygen atoms in total. The van der Waals surface area contributed by atoms with Crippen LogP contribution in [0.1, 0.15) is 104 Å². The summed E-state index contributed by atoms with van der Waals surface area (Å²) >= 11 is 0. The molecule has 0 saturated carbocycles. The van der Waals surface area contributed by atoms with E-state index in [0.717, 1.165) is 39.0 Å². The first-order valence-corrected chi connectivity index (χ1v) is 13.5. The number of phosphoric ester groups is 1. The largest absolute Gasteiger partial charge is 0.469 e. The zero-order valence-corrected chi connectivity index (χ0v) is 20.7. The lowest BCUT2D eigenvalue weighted by Gasteiger charge is -2.17. The number of phosphoric acid groups is 1. The molecule has 1 atom stereocenters. The maximum Gasteiger partial charge on any atom is 0.469 e. The number of rotatable bonds is 21. The van der Waals surface area contributed by atoms with E-state index in [2.05, 4.69) is 23.6 Å². The normalized spacial score (nSPS) is 12.8. The molecule has 2 N–H and O–H groups in total. The number of allylic oxidation sites excluding steroid dienone is 2. The molecule has 0 unspecified atom stereocenters. The van der Waals surface area contributed by atoms with Gasteiger partial charge in [0, 0.05) is 13.3 Å². The second-order valence-electron chi connectivity index (χ2n) is 8.04. The minimum Gasteiger partial charge on any atom is -0.462 e. The van der Waals surface area contributed by atoms with Crippen molar-refractivity contribution in [1.29, 1.82) is 0 Å². The molecule has 32 heavy (non-hydrogen) atoms. The lowest BCUT2D eigenvalue weighted by atomic mass is 10.1. The molecule has 0 saturated heterocycles. The van der Waals surface area contributed by atoms with Gasteiger partial charge in [0.1, 0.15) is 6.61 Å². The molecule has 0 fully saturated rings. The zero-order chi connectivity index (χ0) is 24.1. The van der Waals surface area contributed by atoms with Crippen LogP contribution in [0.5, 0.6) is 0 Å². The van der Waals surface area contributed by atoms with Gasteiger partial charge >= 0.3 is 19.8 Å². The summed E-state index contributed by atoms with van der Waals surface area (Å²) in [7, 11) is -4.69. The van der Waals surface area contributed by atoms with Gasteiger partial charge in [-0.2, -0.15) is 0 Å². The van der Waals surface area contributed by atoms with Crippen molar-refractivity contribution in [2.75, 3.05) is 13.2 Å². The summed E-state index contributed by atoms with van der Waals surface area (Å²) < 4.78 is 24.9. The Morgan fingerprint density at radius 1 is 0.844 bits per heavy atom. The standard InChI is InChI=1S/C23H43O8P/c1-3-4-5-6-7-8-9-10-11-12-13-14-15-16-17-18-23(25)29-19-22(31-21(2)24)20-30-32(26,27)28/h10-11,22H,3-9,12-20H2,1-2H3,(H2,26,27,28)/t22-/m1/s1. The SMILES string of the molecule is CCCCCCCCC=CCCCCCCCC(=O)OC[C@H](COP(=O)(O)O)OC(C)=O. The molecule has 188 valence electrons. The van der Waals surface area contributed by atoms with E-state index in [-0.39, 0.29) is 13.0 Å². The highest BCUT2D eigenvalue weighted by molar-refractivity contribution is 7.46. The molecule has 0 aliphatic rings. The average Bonchev–Trinajstić information content (AvgIpc) is 2.72. The second-order valence-corrected chi connectivity index (χ2v) is 9.27. The van der Waals surface area contributed by atoms with E-state index >= 15 is 0 Å². The minimum absolute atomic E-state index is 0.254. The quantitative estimate of drug-likeness (QED) is 0.0946. The van der Waals surface area contributed by atoms with Gasteiger partial charge in [-0.3, -0.25) is 14.1 Å². The molecule has 0 aliphatic heterocycles. The highest BCUT2D eigenvalue weighted by Gasteiger charge is 2.21. The topological polar surface area (TPSA) is 119 Å². The molecule has 0 aromatic heterocycles. The summed E-state index contributed by atoms with van der Waals surface area (Å²) in [6.45, 7) is 2.53. The van der Waals surface area contributed by atoms with Crippen LogP contribution in [-0.4, -0.2) is 41.0 Å². The Balaban J connectivity index is 3.66. The Morgan fingerprint density at radius 2 is 1.38 bits per heavy atom. The molecule has 0 rings (SSSR count). The van der Waals surface area contributed by atoms with E-state index in [1.54, 1.807) is 0 Å². The highest BCUT2D eigenvalue weighted by Crippen LogP contribution is 2.35. The average molecular weight is 479 g/mol. The van der Waals surface area contributed by atoms with Crippen molar-refractivity contribution in [3.05, 3.63) is 12.2 Å². The Labute approximate surface area is 193 Å². The summed E-state index contributed by atoms with van der Waals surface area (Å²) in [6.07, 6.45) is 19.0. The molecule has 9 heteroatoms. The molecular weight excluding hydrogens is 435 g/mol. The number of unbranched alkanes of at least 4 members (excludes halogenated alkanes) is 11. The fourth-order valence-corrected chi connectivity index (χ4v) is 3.49. The van der Waals surface area contributed by atoms with Crippen molar-refractivity contribution >= 4 is 19.8 Å². The summed E-state index contributed by atoms with van der Waals surface area (Å²) in [5.74, 6) is -1.09. The fraction of sp³-hybridized carbons (Fsp3) is 0.826. The summed E-state index contributed by atoms with van der Waals surface area (Å²) in [5, 5.41) is 0.